The standard InChI is InChI=1S/C30H27Cl2N3O5S/c1-39-29-17-23(13-15-28(29)40-21-22-8-4-2-5-9-22)18-33-34-30(36)20-35(19-24-12-14-26(31)27(32)16-24)41(37,38)25-10-6-3-7-11-25/h2-18H,19-21H2,1H3,(H,34,36)/b33-18-. The zero-order valence-corrected chi connectivity index (χ0v) is 24.4. The van der Waals surface area contributed by atoms with Crippen LogP contribution in [0.2, 0.25) is 10.0 Å². The summed E-state index contributed by atoms with van der Waals surface area (Å²) >= 11 is 12.1. The van der Waals surface area contributed by atoms with Crippen molar-refractivity contribution in [2.24, 2.45) is 5.10 Å². The van der Waals surface area contributed by atoms with Crippen molar-refractivity contribution < 1.29 is 22.7 Å². The molecule has 0 radical (unpaired) electrons. The van der Waals surface area contributed by atoms with E-state index in [2.05, 4.69) is 10.5 Å². The Labute approximate surface area is 249 Å². The molecule has 1 N–H and O–H groups in total. The Balaban J connectivity index is 1.44. The van der Waals surface area contributed by atoms with Gasteiger partial charge in [0.1, 0.15) is 6.61 Å². The number of carbonyl (C=O) groups excluding carboxylic acids is 1. The molecule has 0 bridgehead atoms. The van der Waals surface area contributed by atoms with E-state index >= 15 is 0 Å². The van der Waals surface area contributed by atoms with Crippen LogP contribution in [0.15, 0.2) is 107 Å². The third-order valence-electron chi connectivity index (χ3n) is 5.87. The van der Waals surface area contributed by atoms with Gasteiger partial charge in [0.25, 0.3) is 5.91 Å². The topological polar surface area (TPSA) is 97.3 Å². The summed E-state index contributed by atoms with van der Waals surface area (Å²) in [5, 5.41) is 4.62. The first kappa shape index (κ1) is 30.1. The van der Waals surface area contributed by atoms with Crippen molar-refractivity contribution in [3.63, 3.8) is 0 Å². The van der Waals surface area contributed by atoms with Gasteiger partial charge in [0.2, 0.25) is 10.0 Å². The van der Waals surface area contributed by atoms with Crippen LogP contribution in [0.5, 0.6) is 11.5 Å². The van der Waals surface area contributed by atoms with E-state index in [1.165, 1.54) is 25.5 Å². The van der Waals surface area contributed by atoms with Gasteiger partial charge in [-0.1, -0.05) is 77.8 Å². The van der Waals surface area contributed by atoms with Crippen molar-refractivity contribution in [2.45, 2.75) is 18.0 Å². The molecule has 0 saturated carbocycles. The van der Waals surface area contributed by atoms with Crippen molar-refractivity contribution in [2.75, 3.05) is 13.7 Å². The predicted molar refractivity (Wildman–Crippen MR) is 160 cm³/mol. The number of hydrogen-bond acceptors (Lipinski definition) is 6. The summed E-state index contributed by atoms with van der Waals surface area (Å²) in [7, 11) is -2.49. The molecular weight excluding hydrogens is 585 g/mol. The molecule has 0 saturated heterocycles. The number of benzene rings is 4. The lowest BCUT2D eigenvalue weighted by atomic mass is 10.2. The second kappa shape index (κ2) is 14.1. The highest BCUT2D eigenvalue weighted by Crippen LogP contribution is 2.28. The number of methoxy groups -OCH3 is 1. The number of carbonyl (C=O) groups is 1. The normalized spacial score (nSPS) is 11.5. The van der Waals surface area contributed by atoms with Gasteiger partial charge in [-0.2, -0.15) is 9.41 Å². The average Bonchev–Trinajstić information content (AvgIpc) is 2.98. The maximum Gasteiger partial charge on any atom is 0.255 e. The molecule has 0 aliphatic heterocycles. The Kier molecular flexibility index (Phi) is 10.4. The van der Waals surface area contributed by atoms with E-state index in [4.69, 9.17) is 32.7 Å². The third kappa shape index (κ3) is 8.31. The molecule has 0 aliphatic rings. The lowest BCUT2D eigenvalue weighted by Gasteiger charge is -2.21. The fraction of sp³-hybridized carbons (Fsp3) is 0.133. The number of nitrogens with zero attached hydrogens (tertiary/aromatic N) is 2. The fourth-order valence-electron chi connectivity index (χ4n) is 3.80. The summed E-state index contributed by atoms with van der Waals surface area (Å²) < 4.78 is 39.1. The molecule has 0 heterocycles. The van der Waals surface area contributed by atoms with Gasteiger partial charge in [-0.15, -0.1) is 0 Å². The van der Waals surface area contributed by atoms with Crippen LogP contribution in [0.3, 0.4) is 0 Å². The zero-order valence-electron chi connectivity index (χ0n) is 22.0. The first-order valence-electron chi connectivity index (χ1n) is 12.4. The average molecular weight is 613 g/mol. The summed E-state index contributed by atoms with van der Waals surface area (Å²) in [6.07, 6.45) is 1.43. The third-order valence-corrected chi connectivity index (χ3v) is 8.42. The Morgan fingerprint density at radius 2 is 1.59 bits per heavy atom. The van der Waals surface area contributed by atoms with Gasteiger partial charge in [-0.05, 0) is 59.2 Å². The Bertz CT molecular complexity index is 1620. The summed E-state index contributed by atoms with van der Waals surface area (Å²) in [5.74, 6) is 0.426. The van der Waals surface area contributed by atoms with Gasteiger partial charge >= 0.3 is 0 Å². The van der Waals surface area contributed by atoms with Gasteiger partial charge in [-0.3, -0.25) is 4.79 Å². The molecule has 0 unspecified atom stereocenters. The predicted octanol–water partition coefficient (Wildman–Crippen LogP) is 5.92. The van der Waals surface area contributed by atoms with Crippen molar-refractivity contribution in [3.05, 3.63) is 124 Å². The van der Waals surface area contributed by atoms with Gasteiger partial charge in [0.15, 0.2) is 11.5 Å². The Morgan fingerprint density at radius 3 is 2.27 bits per heavy atom. The molecule has 4 aromatic rings. The van der Waals surface area contributed by atoms with E-state index in [0.717, 1.165) is 9.87 Å². The fourth-order valence-corrected chi connectivity index (χ4v) is 5.53. The highest BCUT2D eigenvalue weighted by molar-refractivity contribution is 7.89. The molecule has 8 nitrogen and oxygen atoms in total. The van der Waals surface area contributed by atoms with Crippen LogP contribution in [0, 0.1) is 0 Å². The zero-order chi connectivity index (χ0) is 29.2. The lowest BCUT2D eigenvalue weighted by Crippen LogP contribution is -2.39. The van der Waals surface area contributed by atoms with Crippen molar-refractivity contribution in [1.29, 1.82) is 0 Å². The van der Waals surface area contributed by atoms with Crippen LogP contribution < -0.4 is 14.9 Å². The van der Waals surface area contributed by atoms with E-state index in [0.29, 0.717) is 34.3 Å². The highest BCUT2D eigenvalue weighted by Gasteiger charge is 2.27. The molecule has 11 heteroatoms. The molecule has 0 atom stereocenters. The SMILES string of the molecule is COc1cc(/C=N\NC(=O)CN(Cc2ccc(Cl)c(Cl)c2)S(=O)(=O)c2ccccc2)ccc1OCc1ccccc1. The van der Waals surface area contributed by atoms with Gasteiger partial charge < -0.3 is 9.47 Å². The number of hydrazone groups is 1. The van der Waals surface area contributed by atoms with Gasteiger partial charge in [0, 0.05) is 6.54 Å². The lowest BCUT2D eigenvalue weighted by molar-refractivity contribution is -0.121. The smallest absolute Gasteiger partial charge is 0.255 e. The second-order valence-electron chi connectivity index (χ2n) is 8.81. The summed E-state index contributed by atoms with van der Waals surface area (Å²) in [5.41, 5.74) is 4.62. The Morgan fingerprint density at radius 1 is 0.878 bits per heavy atom. The number of sulfonamides is 1. The van der Waals surface area contributed by atoms with E-state index in [1.807, 2.05) is 30.3 Å². The number of amides is 1. The number of ether oxygens (including phenoxy) is 2. The molecule has 0 aliphatic carbocycles. The minimum Gasteiger partial charge on any atom is -0.493 e. The molecule has 0 spiro atoms. The number of rotatable bonds is 12. The molecular formula is C30H27Cl2N3O5S. The molecule has 212 valence electrons. The Hall–Kier alpha value is -3.89. The van der Waals surface area contributed by atoms with Crippen LogP contribution in [0.4, 0.5) is 0 Å². The van der Waals surface area contributed by atoms with Gasteiger partial charge in [-0.25, -0.2) is 13.8 Å². The number of hydrogen-bond donors (Lipinski definition) is 1. The van der Waals surface area contributed by atoms with E-state index in [-0.39, 0.29) is 16.5 Å². The summed E-state index contributed by atoms with van der Waals surface area (Å²) in [6.45, 7) is -0.206. The molecule has 4 rings (SSSR count). The van der Waals surface area contributed by atoms with E-state index in [9.17, 15) is 13.2 Å². The van der Waals surface area contributed by atoms with E-state index < -0.39 is 22.5 Å². The van der Waals surface area contributed by atoms with Crippen LogP contribution in [-0.4, -0.2) is 38.5 Å². The van der Waals surface area contributed by atoms with Crippen LogP contribution in [-0.2, 0) is 28.0 Å². The quantitative estimate of drug-likeness (QED) is 0.158. The molecule has 0 aromatic heterocycles. The van der Waals surface area contributed by atoms with Crippen molar-refractivity contribution in [1.82, 2.24) is 9.73 Å². The van der Waals surface area contributed by atoms with Gasteiger partial charge in [0.05, 0.1) is 34.8 Å². The molecule has 0 fully saturated rings. The van der Waals surface area contributed by atoms with Crippen LogP contribution in [0.1, 0.15) is 16.7 Å². The van der Waals surface area contributed by atoms with Crippen molar-refractivity contribution in [3.8, 4) is 11.5 Å². The molecule has 4 aromatic carbocycles. The summed E-state index contributed by atoms with van der Waals surface area (Å²) in [6, 6.07) is 27.6. The van der Waals surface area contributed by atoms with E-state index in [1.54, 1.807) is 54.6 Å². The molecule has 1 amide bonds. The number of halogens is 2. The maximum absolute atomic E-state index is 13.4. The monoisotopic (exact) mass is 611 g/mol. The minimum atomic E-state index is -4.02. The first-order chi connectivity index (χ1) is 19.8. The van der Waals surface area contributed by atoms with Crippen LogP contribution in [0.25, 0.3) is 0 Å². The second-order valence-corrected chi connectivity index (χ2v) is 11.6. The first-order valence-corrected chi connectivity index (χ1v) is 14.6. The molecule has 41 heavy (non-hydrogen) atoms. The maximum atomic E-state index is 13.4. The highest BCUT2D eigenvalue weighted by atomic mass is 35.5. The largest absolute Gasteiger partial charge is 0.493 e. The number of nitrogens with one attached hydrogen (secondary N) is 1. The van der Waals surface area contributed by atoms with Crippen LogP contribution >= 0.6 is 23.2 Å². The minimum absolute atomic E-state index is 0.0537. The van der Waals surface area contributed by atoms with Crippen molar-refractivity contribution >= 4 is 45.3 Å². The summed E-state index contributed by atoms with van der Waals surface area (Å²) in [4.78, 5) is 12.9.